The van der Waals surface area contributed by atoms with Crippen molar-refractivity contribution in [3.05, 3.63) is 59.5 Å². The van der Waals surface area contributed by atoms with Gasteiger partial charge in [0.25, 0.3) is 0 Å². The predicted octanol–water partition coefficient (Wildman–Crippen LogP) is 3.47. The Kier molecular flexibility index (Phi) is 4.12. The molecule has 0 spiro atoms. The molecular weight excluding hydrogens is 361 g/mol. The minimum atomic E-state index is -0.285. The molecule has 144 valence electrons. The molecule has 1 fully saturated rings. The first-order valence-corrected chi connectivity index (χ1v) is 9.32. The number of anilines is 1. The zero-order chi connectivity index (χ0) is 19.1. The van der Waals surface area contributed by atoms with E-state index in [9.17, 15) is 4.39 Å². The van der Waals surface area contributed by atoms with Crippen molar-refractivity contribution in [3.8, 4) is 11.3 Å². The highest BCUT2D eigenvalue weighted by Gasteiger charge is 2.31. The van der Waals surface area contributed by atoms with Gasteiger partial charge in [-0.05, 0) is 43.2 Å². The van der Waals surface area contributed by atoms with Gasteiger partial charge in [-0.1, -0.05) is 11.2 Å². The zero-order valence-corrected chi connectivity index (χ0v) is 15.1. The molecule has 8 heteroatoms. The number of nitrogens with one attached hydrogen (secondary N) is 1. The molecule has 28 heavy (non-hydrogen) atoms. The number of imidazole rings is 1. The second-order valence-electron chi connectivity index (χ2n) is 7.06. The average molecular weight is 381 g/mol. The number of halogens is 1. The van der Waals surface area contributed by atoms with Gasteiger partial charge in [-0.25, -0.2) is 14.1 Å². The number of benzene rings is 1. The highest BCUT2D eigenvalue weighted by atomic mass is 19.1. The van der Waals surface area contributed by atoms with Gasteiger partial charge in [-0.15, -0.1) is 0 Å². The van der Waals surface area contributed by atoms with Crippen molar-refractivity contribution >= 4 is 11.9 Å². The quantitative estimate of drug-likeness (QED) is 0.722. The summed E-state index contributed by atoms with van der Waals surface area (Å²) in [5, 5.41) is 4.37. The highest BCUT2D eigenvalue weighted by molar-refractivity contribution is 5.66. The van der Waals surface area contributed by atoms with Crippen molar-refractivity contribution in [2.45, 2.75) is 24.8 Å². The van der Waals surface area contributed by atoms with Crippen LogP contribution in [0.1, 0.15) is 41.9 Å². The van der Waals surface area contributed by atoms with Crippen LogP contribution in [-0.2, 0) is 4.74 Å². The molecule has 0 radical (unpaired) electrons. The molecule has 3 aromatic rings. The van der Waals surface area contributed by atoms with Crippen molar-refractivity contribution in [1.29, 1.82) is 0 Å². The van der Waals surface area contributed by atoms with E-state index >= 15 is 0 Å². The summed E-state index contributed by atoms with van der Waals surface area (Å²) in [6.07, 6.45) is 7.44. The van der Waals surface area contributed by atoms with Crippen LogP contribution in [0.4, 0.5) is 10.2 Å². The molecule has 1 saturated heterocycles. The van der Waals surface area contributed by atoms with Crippen LogP contribution >= 0.6 is 0 Å². The molecule has 7 nitrogen and oxygen atoms in total. The maximum absolute atomic E-state index is 13.4. The van der Waals surface area contributed by atoms with E-state index in [1.54, 1.807) is 23.0 Å². The van der Waals surface area contributed by atoms with Crippen molar-refractivity contribution in [2.75, 3.05) is 24.4 Å². The molecule has 4 heterocycles. The van der Waals surface area contributed by atoms with Gasteiger partial charge in [0.2, 0.25) is 0 Å². The van der Waals surface area contributed by atoms with E-state index in [-0.39, 0.29) is 17.8 Å². The number of hydrogen-bond donors (Lipinski definition) is 2. The number of nitrogen functional groups attached to an aromatic ring is 1. The molecule has 1 aromatic carbocycles. The molecular formula is C20H20FN5O2. The summed E-state index contributed by atoms with van der Waals surface area (Å²) in [4.78, 5) is 4.26. The first-order valence-electron chi connectivity index (χ1n) is 9.32. The minimum absolute atomic E-state index is 0.176. The first kappa shape index (κ1) is 17.0. The number of nitrogens with zero attached hydrogens (tertiary/aromatic N) is 3. The fourth-order valence-corrected chi connectivity index (χ4v) is 3.85. The lowest BCUT2D eigenvalue weighted by Gasteiger charge is -2.25. The Morgan fingerprint density at radius 2 is 1.96 bits per heavy atom. The monoisotopic (exact) mass is 381 g/mol. The van der Waals surface area contributed by atoms with Crippen molar-refractivity contribution in [2.24, 2.45) is 0 Å². The Balaban J connectivity index is 1.59. The molecule has 5 rings (SSSR count). The molecule has 1 unspecified atom stereocenters. The normalized spacial score (nSPS) is 19.4. The number of ether oxygens (including phenoxy) is 1. The maximum atomic E-state index is 13.4. The summed E-state index contributed by atoms with van der Waals surface area (Å²) < 4.78 is 26.6. The standard InChI is InChI=1S/C20H20FN5O2/c21-14-3-1-12(2-4-14)19-18(20(28-25-19)13-7-9-27-10-8-13)15-5-6-17-23-16(22)11-26(17)24-15/h1-6,11,13,15,24H,7-10,22H2. The van der Waals surface area contributed by atoms with E-state index < -0.39 is 0 Å². The Morgan fingerprint density at radius 1 is 1.18 bits per heavy atom. The zero-order valence-electron chi connectivity index (χ0n) is 15.1. The van der Waals surface area contributed by atoms with Gasteiger partial charge in [0.05, 0.1) is 17.8 Å². The average Bonchev–Trinajstić information content (AvgIpc) is 3.31. The first-order chi connectivity index (χ1) is 13.7. The van der Waals surface area contributed by atoms with Gasteiger partial charge in [0.1, 0.15) is 23.1 Å². The largest absolute Gasteiger partial charge is 0.382 e. The van der Waals surface area contributed by atoms with Gasteiger partial charge in [-0.2, -0.15) is 0 Å². The molecule has 0 bridgehead atoms. The van der Waals surface area contributed by atoms with Crippen LogP contribution in [0.5, 0.6) is 0 Å². The summed E-state index contributed by atoms with van der Waals surface area (Å²) in [6, 6.07) is 6.13. The summed E-state index contributed by atoms with van der Waals surface area (Å²) in [5.41, 5.74) is 11.7. The lowest BCUT2D eigenvalue weighted by atomic mass is 9.89. The van der Waals surface area contributed by atoms with Crippen LogP contribution in [-0.4, -0.2) is 28.0 Å². The Hall–Kier alpha value is -3.13. The number of fused-ring (bicyclic) bond motifs is 1. The summed E-state index contributed by atoms with van der Waals surface area (Å²) >= 11 is 0. The third kappa shape index (κ3) is 2.95. The van der Waals surface area contributed by atoms with Crippen LogP contribution in [0.25, 0.3) is 17.3 Å². The number of aromatic nitrogens is 3. The lowest BCUT2D eigenvalue weighted by Crippen LogP contribution is -2.25. The molecule has 0 aliphatic carbocycles. The molecule has 0 saturated carbocycles. The van der Waals surface area contributed by atoms with E-state index in [1.165, 1.54) is 12.1 Å². The Bertz CT molecular complexity index is 1020. The van der Waals surface area contributed by atoms with Crippen LogP contribution in [0, 0.1) is 5.82 Å². The minimum Gasteiger partial charge on any atom is -0.382 e. The van der Waals surface area contributed by atoms with Crippen molar-refractivity contribution in [1.82, 2.24) is 14.8 Å². The molecule has 2 aromatic heterocycles. The van der Waals surface area contributed by atoms with E-state index in [2.05, 4.69) is 15.6 Å². The fraction of sp³-hybridized carbons (Fsp3) is 0.300. The second kappa shape index (κ2) is 6.79. The van der Waals surface area contributed by atoms with Crippen LogP contribution in [0.2, 0.25) is 0 Å². The van der Waals surface area contributed by atoms with E-state index in [4.69, 9.17) is 15.0 Å². The summed E-state index contributed by atoms with van der Waals surface area (Å²) in [6.45, 7) is 1.40. The number of nitrogens with two attached hydrogens (primary N) is 1. The summed E-state index contributed by atoms with van der Waals surface area (Å²) in [5.74, 6) is 1.98. The summed E-state index contributed by atoms with van der Waals surface area (Å²) in [7, 11) is 0. The lowest BCUT2D eigenvalue weighted by molar-refractivity contribution is 0.0788. The smallest absolute Gasteiger partial charge is 0.153 e. The van der Waals surface area contributed by atoms with Crippen LogP contribution < -0.4 is 11.2 Å². The fourth-order valence-electron chi connectivity index (χ4n) is 3.85. The van der Waals surface area contributed by atoms with Crippen molar-refractivity contribution < 1.29 is 13.7 Å². The molecule has 3 N–H and O–H groups in total. The van der Waals surface area contributed by atoms with Gasteiger partial charge < -0.3 is 20.4 Å². The van der Waals surface area contributed by atoms with Crippen molar-refractivity contribution in [3.63, 3.8) is 0 Å². The van der Waals surface area contributed by atoms with Gasteiger partial charge >= 0.3 is 0 Å². The SMILES string of the molecule is Nc1cn2c(n1)C=CC(c1c(-c3ccc(F)cc3)noc1C1CCOCC1)N2. The van der Waals surface area contributed by atoms with Crippen LogP contribution in [0.15, 0.2) is 41.1 Å². The molecule has 1 atom stereocenters. The number of hydrogen-bond acceptors (Lipinski definition) is 6. The number of rotatable bonds is 3. The third-order valence-corrected chi connectivity index (χ3v) is 5.24. The third-order valence-electron chi connectivity index (χ3n) is 5.24. The van der Waals surface area contributed by atoms with E-state index in [0.717, 1.165) is 35.6 Å². The topological polar surface area (TPSA) is 91.1 Å². The Morgan fingerprint density at radius 3 is 2.75 bits per heavy atom. The Labute approximate surface area is 161 Å². The van der Waals surface area contributed by atoms with E-state index in [0.29, 0.717) is 24.7 Å². The molecule has 2 aliphatic rings. The predicted molar refractivity (Wildman–Crippen MR) is 102 cm³/mol. The van der Waals surface area contributed by atoms with Gasteiger partial charge in [0, 0.05) is 24.7 Å². The molecule has 2 aliphatic heterocycles. The van der Waals surface area contributed by atoms with Gasteiger partial charge in [0.15, 0.2) is 5.82 Å². The van der Waals surface area contributed by atoms with E-state index in [1.807, 2.05) is 12.2 Å². The second-order valence-corrected chi connectivity index (χ2v) is 7.06. The van der Waals surface area contributed by atoms with Gasteiger partial charge in [-0.3, -0.25) is 0 Å². The van der Waals surface area contributed by atoms with Crippen LogP contribution in [0.3, 0.4) is 0 Å². The maximum Gasteiger partial charge on any atom is 0.153 e. The highest BCUT2D eigenvalue weighted by Crippen LogP contribution is 2.40. The molecule has 0 amide bonds.